The molecule has 5 heteroatoms. The first kappa shape index (κ1) is 11.9. The fraction of sp³-hybridized carbons (Fsp3) is 0.385. The zero-order valence-electron chi connectivity index (χ0n) is 10.2. The van der Waals surface area contributed by atoms with E-state index in [9.17, 15) is 0 Å². The second-order valence-electron chi connectivity index (χ2n) is 4.56. The van der Waals surface area contributed by atoms with Crippen molar-refractivity contribution < 1.29 is 4.42 Å². The summed E-state index contributed by atoms with van der Waals surface area (Å²) in [6, 6.07) is 3.94. The highest BCUT2D eigenvalue weighted by atomic mass is 79.9. The van der Waals surface area contributed by atoms with Crippen LogP contribution in [0.15, 0.2) is 27.4 Å². The van der Waals surface area contributed by atoms with E-state index in [0.29, 0.717) is 0 Å². The first-order valence-corrected chi connectivity index (χ1v) is 6.78. The van der Waals surface area contributed by atoms with Gasteiger partial charge in [-0.3, -0.25) is 4.90 Å². The van der Waals surface area contributed by atoms with Gasteiger partial charge < -0.3 is 4.42 Å². The van der Waals surface area contributed by atoms with E-state index in [1.165, 1.54) is 11.3 Å². The van der Waals surface area contributed by atoms with Gasteiger partial charge in [-0.1, -0.05) is 0 Å². The first-order valence-electron chi connectivity index (χ1n) is 5.98. The molecule has 0 spiro atoms. The summed E-state index contributed by atoms with van der Waals surface area (Å²) >= 11 is 3.33. The van der Waals surface area contributed by atoms with E-state index in [4.69, 9.17) is 4.42 Å². The molecule has 0 N–H and O–H groups in total. The summed E-state index contributed by atoms with van der Waals surface area (Å²) in [4.78, 5) is 11.1. The van der Waals surface area contributed by atoms with Crippen molar-refractivity contribution in [1.82, 2.24) is 14.9 Å². The minimum atomic E-state index is 0.786. The Morgan fingerprint density at radius 3 is 3.11 bits per heavy atom. The van der Waals surface area contributed by atoms with Crippen LogP contribution in [0.4, 0.5) is 0 Å². The van der Waals surface area contributed by atoms with E-state index in [1.54, 1.807) is 0 Å². The van der Waals surface area contributed by atoms with Crippen LogP contribution in [0.3, 0.4) is 0 Å². The lowest BCUT2D eigenvalue weighted by Crippen LogP contribution is -2.30. The molecule has 94 valence electrons. The van der Waals surface area contributed by atoms with Gasteiger partial charge in [0.25, 0.3) is 0 Å². The summed E-state index contributed by atoms with van der Waals surface area (Å²) in [6.07, 6.45) is 2.93. The van der Waals surface area contributed by atoms with Gasteiger partial charge in [0.05, 0.1) is 6.54 Å². The van der Waals surface area contributed by atoms with E-state index in [2.05, 4.69) is 30.8 Å². The molecule has 0 bridgehead atoms. The average Bonchev–Trinajstić information content (AvgIpc) is 2.75. The second kappa shape index (κ2) is 4.82. The molecular weight excluding hydrogens is 294 g/mol. The van der Waals surface area contributed by atoms with E-state index in [-0.39, 0.29) is 0 Å². The standard InChI is InChI=1S/C13H14BrN3O/c1-9-15-6-10-7-17(5-4-12(10)16-9)8-11-2-3-13(14)18-11/h2-3,6H,4-5,7-8H2,1H3. The van der Waals surface area contributed by atoms with Gasteiger partial charge in [-0.15, -0.1) is 0 Å². The fourth-order valence-electron chi connectivity index (χ4n) is 2.27. The van der Waals surface area contributed by atoms with Crippen molar-refractivity contribution in [3.8, 4) is 0 Å². The van der Waals surface area contributed by atoms with Crippen LogP contribution >= 0.6 is 15.9 Å². The van der Waals surface area contributed by atoms with Crippen molar-refractivity contribution in [3.05, 3.63) is 45.8 Å². The summed E-state index contributed by atoms with van der Waals surface area (Å²) in [7, 11) is 0. The third-order valence-corrected chi connectivity index (χ3v) is 3.57. The quantitative estimate of drug-likeness (QED) is 0.855. The van der Waals surface area contributed by atoms with E-state index >= 15 is 0 Å². The number of halogens is 1. The molecule has 1 aliphatic rings. The van der Waals surface area contributed by atoms with Gasteiger partial charge in [0, 0.05) is 37.0 Å². The predicted molar refractivity (Wildman–Crippen MR) is 71.0 cm³/mol. The summed E-state index contributed by atoms with van der Waals surface area (Å²) in [5.41, 5.74) is 2.43. The number of aromatic nitrogens is 2. The SMILES string of the molecule is Cc1ncc2c(n1)CCN(Cc1ccc(Br)o1)C2. The van der Waals surface area contributed by atoms with Crippen LogP contribution in [-0.2, 0) is 19.5 Å². The van der Waals surface area contributed by atoms with Crippen LogP contribution in [0.5, 0.6) is 0 Å². The van der Waals surface area contributed by atoms with E-state index < -0.39 is 0 Å². The first-order chi connectivity index (χ1) is 8.70. The Kier molecular flexibility index (Phi) is 3.18. The van der Waals surface area contributed by atoms with Crippen molar-refractivity contribution in [2.45, 2.75) is 26.4 Å². The fourth-order valence-corrected chi connectivity index (χ4v) is 2.61. The normalized spacial score (nSPS) is 15.7. The molecule has 0 aliphatic carbocycles. The molecule has 0 unspecified atom stereocenters. The molecule has 4 nitrogen and oxygen atoms in total. The van der Waals surface area contributed by atoms with Gasteiger partial charge in [0.15, 0.2) is 4.67 Å². The summed E-state index contributed by atoms with van der Waals surface area (Å²) in [6.45, 7) is 4.68. The Morgan fingerprint density at radius 1 is 1.44 bits per heavy atom. The van der Waals surface area contributed by atoms with Crippen LogP contribution in [-0.4, -0.2) is 21.4 Å². The molecule has 1 aliphatic heterocycles. The van der Waals surface area contributed by atoms with Crippen LogP contribution in [0.1, 0.15) is 22.8 Å². The molecule has 18 heavy (non-hydrogen) atoms. The number of fused-ring (bicyclic) bond motifs is 1. The molecule has 3 rings (SSSR count). The zero-order valence-corrected chi connectivity index (χ0v) is 11.8. The Labute approximate surface area is 114 Å². The molecule has 0 radical (unpaired) electrons. The Bertz CT molecular complexity index is 567. The molecule has 0 saturated heterocycles. The Morgan fingerprint density at radius 2 is 2.33 bits per heavy atom. The maximum absolute atomic E-state index is 5.54. The van der Waals surface area contributed by atoms with Gasteiger partial charge in [0.2, 0.25) is 0 Å². The maximum Gasteiger partial charge on any atom is 0.169 e. The topological polar surface area (TPSA) is 42.2 Å². The third kappa shape index (κ3) is 2.47. The number of aryl methyl sites for hydroxylation is 1. The maximum atomic E-state index is 5.54. The lowest BCUT2D eigenvalue weighted by atomic mass is 10.1. The predicted octanol–water partition coefficient (Wildman–Crippen LogP) is 2.70. The molecule has 0 atom stereocenters. The molecule has 0 fully saturated rings. The number of furan rings is 1. The summed E-state index contributed by atoms with van der Waals surface area (Å²) in [5.74, 6) is 1.84. The smallest absolute Gasteiger partial charge is 0.169 e. The van der Waals surface area contributed by atoms with Crippen LogP contribution in [0, 0.1) is 6.92 Å². The average molecular weight is 308 g/mol. The minimum absolute atomic E-state index is 0.786. The Balaban J connectivity index is 1.73. The van der Waals surface area contributed by atoms with E-state index in [1.807, 2.05) is 25.3 Å². The molecule has 2 aromatic heterocycles. The summed E-state index contributed by atoms with van der Waals surface area (Å²) in [5, 5.41) is 0. The van der Waals surface area contributed by atoms with Crippen LogP contribution in [0.2, 0.25) is 0 Å². The highest BCUT2D eigenvalue weighted by Crippen LogP contribution is 2.20. The van der Waals surface area contributed by atoms with Gasteiger partial charge in [-0.2, -0.15) is 0 Å². The zero-order chi connectivity index (χ0) is 12.5. The van der Waals surface area contributed by atoms with E-state index in [0.717, 1.165) is 42.3 Å². The van der Waals surface area contributed by atoms with Crippen molar-refractivity contribution in [2.75, 3.05) is 6.54 Å². The minimum Gasteiger partial charge on any atom is -0.453 e. The monoisotopic (exact) mass is 307 g/mol. The largest absolute Gasteiger partial charge is 0.453 e. The Hall–Kier alpha value is -1.20. The van der Waals surface area contributed by atoms with Crippen molar-refractivity contribution in [3.63, 3.8) is 0 Å². The van der Waals surface area contributed by atoms with Crippen LogP contribution in [0.25, 0.3) is 0 Å². The van der Waals surface area contributed by atoms with Gasteiger partial charge >= 0.3 is 0 Å². The lowest BCUT2D eigenvalue weighted by Gasteiger charge is -2.27. The third-order valence-electron chi connectivity index (χ3n) is 3.14. The highest BCUT2D eigenvalue weighted by Gasteiger charge is 2.18. The van der Waals surface area contributed by atoms with Gasteiger partial charge in [-0.25, -0.2) is 9.97 Å². The lowest BCUT2D eigenvalue weighted by molar-refractivity contribution is 0.222. The molecule has 3 heterocycles. The number of rotatable bonds is 2. The van der Waals surface area contributed by atoms with Crippen molar-refractivity contribution >= 4 is 15.9 Å². The number of hydrogen-bond donors (Lipinski definition) is 0. The molecule has 2 aromatic rings. The molecule has 0 amide bonds. The molecular formula is C13H14BrN3O. The van der Waals surface area contributed by atoms with Crippen molar-refractivity contribution in [2.24, 2.45) is 0 Å². The van der Waals surface area contributed by atoms with Gasteiger partial charge in [0.1, 0.15) is 11.6 Å². The number of nitrogens with zero attached hydrogens (tertiary/aromatic N) is 3. The van der Waals surface area contributed by atoms with Gasteiger partial charge in [-0.05, 0) is 35.0 Å². The second-order valence-corrected chi connectivity index (χ2v) is 5.34. The van der Waals surface area contributed by atoms with Crippen molar-refractivity contribution in [1.29, 1.82) is 0 Å². The van der Waals surface area contributed by atoms with Crippen LogP contribution < -0.4 is 0 Å². The number of hydrogen-bond acceptors (Lipinski definition) is 4. The summed E-state index contributed by atoms with van der Waals surface area (Å²) < 4.78 is 6.32. The highest BCUT2D eigenvalue weighted by molar-refractivity contribution is 9.10. The molecule has 0 saturated carbocycles. The molecule has 0 aromatic carbocycles.